The molecule has 0 heterocycles. The Hall–Kier alpha value is -5.71. The van der Waals surface area contributed by atoms with Gasteiger partial charge in [-0.15, -0.1) is 0 Å². The molecule has 11 nitrogen and oxygen atoms in total. The highest BCUT2D eigenvalue weighted by Crippen LogP contribution is 2.38. The van der Waals surface area contributed by atoms with Crippen molar-refractivity contribution in [2.75, 3.05) is 17.7 Å². The number of nitrogens with zero attached hydrogens (tertiary/aromatic N) is 1. The maximum Gasteiger partial charge on any atom is 0.247 e. The van der Waals surface area contributed by atoms with E-state index in [1.807, 2.05) is 60.7 Å². The number of amides is 2. The molecule has 0 saturated carbocycles. The molecule has 42 heavy (non-hydrogen) atoms. The number of oxime groups is 1. The maximum absolute atomic E-state index is 13.7. The highest BCUT2D eigenvalue weighted by Gasteiger charge is 2.26. The first-order chi connectivity index (χ1) is 20.4. The molecule has 0 spiro atoms. The van der Waals surface area contributed by atoms with Crippen LogP contribution in [0.3, 0.4) is 0 Å². The van der Waals surface area contributed by atoms with Crippen molar-refractivity contribution >= 4 is 29.2 Å². The number of amidine groups is 1. The van der Waals surface area contributed by atoms with Crippen molar-refractivity contribution in [3.05, 3.63) is 119 Å². The largest absolute Gasteiger partial charge is 0.530 e. The van der Waals surface area contributed by atoms with Crippen molar-refractivity contribution in [3.63, 3.8) is 0 Å². The van der Waals surface area contributed by atoms with Crippen molar-refractivity contribution in [3.8, 4) is 11.5 Å². The second-order valence-electron chi connectivity index (χ2n) is 9.12. The van der Waals surface area contributed by atoms with Crippen molar-refractivity contribution in [2.45, 2.75) is 19.2 Å². The second-order valence-corrected chi connectivity index (χ2v) is 9.12. The molecule has 1 unspecified atom stereocenters. The summed E-state index contributed by atoms with van der Waals surface area (Å²) in [5, 5.41) is 32.0. The van der Waals surface area contributed by atoms with Gasteiger partial charge < -0.3 is 46.3 Å². The quantitative estimate of drug-likeness (QED) is 0.0747. The fraction of sp³-hybridized carbons (Fsp3) is 0.129. The number of benzene rings is 4. The molecule has 4 rings (SSSR count). The summed E-state index contributed by atoms with van der Waals surface area (Å²) in [6.45, 7) is 0.437. The van der Waals surface area contributed by atoms with Crippen molar-refractivity contribution in [1.29, 1.82) is 0 Å². The van der Waals surface area contributed by atoms with Gasteiger partial charge in [0.15, 0.2) is 17.3 Å². The van der Waals surface area contributed by atoms with Crippen LogP contribution in [0.15, 0.2) is 102 Å². The van der Waals surface area contributed by atoms with Crippen LogP contribution in [0.5, 0.6) is 11.5 Å². The van der Waals surface area contributed by atoms with Crippen LogP contribution in [-0.4, -0.2) is 30.2 Å². The fourth-order valence-electron chi connectivity index (χ4n) is 4.17. The van der Waals surface area contributed by atoms with Crippen LogP contribution >= 0.6 is 0 Å². The molecule has 2 amide bonds. The number of nitrogens with two attached hydrogens (primary N) is 1. The van der Waals surface area contributed by atoms with Crippen molar-refractivity contribution in [1.82, 2.24) is 5.32 Å². The highest BCUT2D eigenvalue weighted by atomic mass is 16.5. The van der Waals surface area contributed by atoms with E-state index in [1.54, 1.807) is 24.3 Å². The standard InChI is InChI=1S/C31H31N5O6/c1-41-26-16-24(25(35-31(38)39)17-27(26)42-19-21-10-6-3-7-11-21)28(30(37)33-18-20-8-4-2-5-9-20)34-23-14-12-22(13-15-23)29(32)36-40/h2-17,28,34-35,40H,18-19H2,1H3,(H2,32,36)(H,33,37)(H,38,39)/p-1. The lowest BCUT2D eigenvalue weighted by Crippen LogP contribution is -2.35. The second kappa shape index (κ2) is 14.1. The Bertz CT molecular complexity index is 1530. The molecule has 1 atom stereocenters. The number of methoxy groups -OCH3 is 1. The third-order valence-electron chi connectivity index (χ3n) is 6.29. The van der Waals surface area contributed by atoms with E-state index >= 15 is 0 Å². The van der Waals surface area contributed by atoms with E-state index < -0.39 is 18.0 Å². The monoisotopic (exact) mass is 568 g/mol. The summed E-state index contributed by atoms with van der Waals surface area (Å²) in [4.78, 5) is 25.4. The number of carboxylic acid groups (broad SMARTS) is 1. The molecule has 4 aromatic rings. The molecule has 0 aromatic heterocycles. The lowest BCUT2D eigenvalue weighted by atomic mass is 10.0. The lowest BCUT2D eigenvalue weighted by Gasteiger charge is -2.25. The number of ether oxygens (including phenoxy) is 2. The summed E-state index contributed by atoms with van der Waals surface area (Å²) in [6.07, 6.45) is -1.57. The van der Waals surface area contributed by atoms with Gasteiger partial charge in [0.25, 0.3) is 0 Å². The van der Waals surface area contributed by atoms with Gasteiger partial charge in [0.05, 0.1) is 7.11 Å². The molecule has 6 N–H and O–H groups in total. The van der Waals surface area contributed by atoms with Gasteiger partial charge in [-0.1, -0.05) is 65.8 Å². The average molecular weight is 569 g/mol. The normalized spacial score (nSPS) is 11.7. The van der Waals surface area contributed by atoms with E-state index in [0.717, 1.165) is 11.1 Å². The van der Waals surface area contributed by atoms with E-state index in [-0.39, 0.29) is 41.7 Å². The molecule has 4 aromatic carbocycles. The maximum atomic E-state index is 13.7. The van der Waals surface area contributed by atoms with Crippen molar-refractivity contribution < 1.29 is 29.4 Å². The molecule has 0 bridgehead atoms. The Morgan fingerprint density at radius 1 is 0.929 bits per heavy atom. The molecule has 216 valence electrons. The van der Waals surface area contributed by atoms with E-state index in [1.165, 1.54) is 19.2 Å². The highest BCUT2D eigenvalue weighted by molar-refractivity contribution is 5.97. The van der Waals surface area contributed by atoms with Gasteiger partial charge in [0.1, 0.15) is 18.7 Å². The fourth-order valence-corrected chi connectivity index (χ4v) is 4.17. The number of anilines is 2. The third-order valence-corrected chi connectivity index (χ3v) is 6.29. The van der Waals surface area contributed by atoms with Crippen molar-refractivity contribution in [2.24, 2.45) is 10.9 Å². The number of hydrogen-bond acceptors (Lipinski definition) is 8. The van der Waals surface area contributed by atoms with Gasteiger partial charge in [0, 0.05) is 35.1 Å². The molecular formula is C31H30N5O6-. The zero-order valence-electron chi connectivity index (χ0n) is 22.7. The molecule has 0 aliphatic carbocycles. The number of carbonyl (C=O) groups is 2. The molecule has 0 saturated heterocycles. The van der Waals surface area contributed by atoms with Gasteiger partial charge in [0.2, 0.25) is 5.91 Å². The molecule has 0 fully saturated rings. The smallest absolute Gasteiger partial charge is 0.247 e. The zero-order chi connectivity index (χ0) is 29.9. The Morgan fingerprint density at radius 3 is 2.17 bits per heavy atom. The number of rotatable bonds is 12. The Kier molecular flexibility index (Phi) is 9.81. The summed E-state index contributed by atoms with van der Waals surface area (Å²) in [5.41, 5.74) is 8.75. The van der Waals surface area contributed by atoms with Crippen LogP contribution in [0, 0.1) is 0 Å². The van der Waals surface area contributed by atoms with Gasteiger partial charge in [-0.05, 0) is 41.5 Å². The molecule has 0 radical (unpaired) electrons. The third kappa shape index (κ3) is 7.69. The first-order valence-electron chi connectivity index (χ1n) is 12.9. The first kappa shape index (κ1) is 29.3. The zero-order valence-corrected chi connectivity index (χ0v) is 22.7. The van der Waals surface area contributed by atoms with Crippen LogP contribution in [0.2, 0.25) is 0 Å². The minimum absolute atomic E-state index is 0.0690. The minimum Gasteiger partial charge on any atom is -0.530 e. The molecule has 0 aliphatic rings. The predicted octanol–water partition coefficient (Wildman–Crippen LogP) is 3.59. The number of nitrogens with one attached hydrogen (secondary N) is 3. The van der Waals surface area contributed by atoms with Gasteiger partial charge in [-0.25, -0.2) is 0 Å². The van der Waals surface area contributed by atoms with E-state index in [4.69, 9.17) is 20.4 Å². The van der Waals surface area contributed by atoms with Crippen LogP contribution in [-0.2, 0) is 17.9 Å². The predicted molar refractivity (Wildman–Crippen MR) is 156 cm³/mol. The molecule has 0 aliphatic heterocycles. The molecular weight excluding hydrogens is 538 g/mol. The van der Waals surface area contributed by atoms with Crippen LogP contribution in [0.4, 0.5) is 16.2 Å². The number of hydrogen-bond donors (Lipinski definition) is 5. The molecule has 11 heteroatoms. The van der Waals surface area contributed by atoms with Gasteiger partial charge in [-0.2, -0.15) is 0 Å². The summed E-state index contributed by atoms with van der Waals surface area (Å²) in [7, 11) is 1.45. The van der Waals surface area contributed by atoms with Gasteiger partial charge >= 0.3 is 0 Å². The average Bonchev–Trinajstić information content (AvgIpc) is 3.02. The Labute approximate surface area is 242 Å². The Balaban J connectivity index is 1.71. The first-order valence-corrected chi connectivity index (χ1v) is 12.9. The SMILES string of the molecule is COc1cc(C(Nc2ccc(/C(N)=N\O)cc2)C(=O)NCc2ccccc2)c(NC(=O)[O-])cc1OCc1ccccc1. The summed E-state index contributed by atoms with van der Waals surface area (Å²) < 4.78 is 11.5. The van der Waals surface area contributed by atoms with E-state index in [9.17, 15) is 14.7 Å². The van der Waals surface area contributed by atoms with Crippen LogP contribution in [0.1, 0.15) is 28.3 Å². The Morgan fingerprint density at radius 2 is 1.57 bits per heavy atom. The van der Waals surface area contributed by atoms with E-state index in [0.29, 0.717) is 11.3 Å². The van der Waals surface area contributed by atoms with Crippen LogP contribution in [0.25, 0.3) is 0 Å². The lowest BCUT2D eigenvalue weighted by molar-refractivity contribution is -0.242. The summed E-state index contributed by atoms with van der Waals surface area (Å²) in [6, 6.07) is 27.2. The summed E-state index contributed by atoms with van der Waals surface area (Å²) >= 11 is 0. The summed E-state index contributed by atoms with van der Waals surface area (Å²) in [5.74, 6) is 0.0333. The minimum atomic E-state index is -1.57. The number of carbonyl (C=O) groups excluding carboxylic acids is 2. The van der Waals surface area contributed by atoms with Crippen LogP contribution < -0.4 is 36.3 Å². The van der Waals surface area contributed by atoms with E-state index in [2.05, 4.69) is 21.1 Å². The van der Waals surface area contributed by atoms with Gasteiger partial charge in [-0.3, -0.25) is 4.79 Å². The topological polar surface area (TPSA) is 170 Å².